The lowest BCUT2D eigenvalue weighted by molar-refractivity contribution is 0.233. The normalized spacial score (nSPS) is 23.0. The van der Waals surface area contributed by atoms with Gasteiger partial charge in [-0.05, 0) is 66.6 Å². The molecule has 0 radical (unpaired) electrons. The number of thiazole rings is 1. The molecule has 2 fully saturated rings. The van der Waals surface area contributed by atoms with Gasteiger partial charge in [0.15, 0.2) is 0 Å². The summed E-state index contributed by atoms with van der Waals surface area (Å²) in [6.45, 7) is 1.13. The average Bonchev–Trinajstić information content (AvgIpc) is 3.46. The van der Waals surface area contributed by atoms with Crippen LogP contribution in [-0.2, 0) is 0 Å². The predicted octanol–water partition coefficient (Wildman–Crippen LogP) is 6.06. The fourth-order valence-corrected chi connectivity index (χ4v) is 6.14. The van der Waals surface area contributed by atoms with Crippen LogP contribution in [0.3, 0.4) is 0 Å². The molecular formula is C23H22FN3S. The number of halogens is 1. The van der Waals surface area contributed by atoms with Crippen molar-refractivity contribution in [1.29, 1.82) is 0 Å². The Morgan fingerprint density at radius 1 is 1.07 bits per heavy atom. The molecule has 1 aromatic heterocycles. The molecule has 3 heterocycles. The molecule has 0 amide bonds. The van der Waals surface area contributed by atoms with Gasteiger partial charge in [0.25, 0.3) is 0 Å². The van der Waals surface area contributed by atoms with Crippen LogP contribution in [0.4, 0.5) is 10.1 Å². The van der Waals surface area contributed by atoms with Gasteiger partial charge in [0, 0.05) is 24.1 Å². The quantitative estimate of drug-likeness (QED) is 0.529. The van der Waals surface area contributed by atoms with Crippen molar-refractivity contribution in [2.24, 2.45) is 5.41 Å². The van der Waals surface area contributed by atoms with Gasteiger partial charge in [-0.2, -0.15) is 0 Å². The zero-order chi connectivity index (χ0) is 18.7. The van der Waals surface area contributed by atoms with Gasteiger partial charge in [-0.25, -0.2) is 9.37 Å². The van der Waals surface area contributed by atoms with Crippen molar-refractivity contribution in [2.45, 2.75) is 38.3 Å². The molecule has 1 spiro atoms. The van der Waals surface area contributed by atoms with Crippen LogP contribution in [0.15, 0.2) is 59.9 Å². The number of benzene rings is 2. The van der Waals surface area contributed by atoms with Gasteiger partial charge < -0.3 is 9.80 Å². The van der Waals surface area contributed by atoms with Gasteiger partial charge in [0.05, 0.1) is 15.7 Å². The molecule has 3 aromatic rings. The Balaban J connectivity index is 1.45. The summed E-state index contributed by atoms with van der Waals surface area (Å²) >= 11 is 1.69. The maximum absolute atomic E-state index is 13.5. The van der Waals surface area contributed by atoms with E-state index in [0.717, 1.165) is 17.7 Å². The molecule has 2 aliphatic heterocycles. The van der Waals surface area contributed by atoms with Crippen molar-refractivity contribution in [1.82, 2.24) is 9.88 Å². The highest BCUT2D eigenvalue weighted by molar-refractivity contribution is 7.16. The van der Waals surface area contributed by atoms with Crippen molar-refractivity contribution in [3.63, 3.8) is 0 Å². The van der Waals surface area contributed by atoms with E-state index >= 15 is 0 Å². The third-order valence-electron chi connectivity index (χ3n) is 6.72. The Morgan fingerprint density at radius 2 is 1.89 bits per heavy atom. The van der Waals surface area contributed by atoms with Gasteiger partial charge in [-0.3, -0.25) is 0 Å². The van der Waals surface area contributed by atoms with Gasteiger partial charge in [-0.15, -0.1) is 11.3 Å². The van der Waals surface area contributed by atoms with E-state index < -0.39 is 0 Å². The topological polar surface area (TPSA) is 19.4 Å². The van der Waals surface area contributed by atoms with E-state index in [-0.39, 0.29) is 12.0 Å². The van der Waals surface area contributed by atoms with E-state index in [2.05, 4.69) is 39.2 Å². The fraction of sp³-hybridized carbons (Fsp3) is 0.348. The van der Waals surface area contributed by atoms with Crippen molar-refractivity contribution < 1.29 is 4.39 Å². The number of aromatic nitrogens is 1. The Bertz CT molecular complexity index is 1060. The maximum Gasteiger partial charge on any atom is 0.132 e. The molecule has 142 valence electrons. The van der Waals surface area contributed by atoms with E-state index in [1.54, 1.807) is 23.5 Å². The van der Waals surface area contributed by atoms with Gasteiger partial charge in [0.2, 0.25) is 0 Å². The van der Waals surface area contributed by atoms with Crippen molar-refractivity contribution in [2.75, 3.05) is 11.4 Å². The van der Waals surface area contributed by atoms with Crippen LogP contribution in [0.1, 0.15) is 43.8 Å². The molecule has 1 saturated carbocycles. The predicted molar refractivity (Wildman–Crippen MR) is 112 cm³/mol. The first-order valence-corrected chi connectivity index (χ1v) is 10.9. The third-order valence-corrected chi connectivity index (χ3v) is 7.51. The summed E-state index contributed by atoms with van der Waals surface area (Å²) in [5.74, 6) is -0.191. The highest BCUT2D eigenvalue weighted by atomic mass is 32.1. The van der Waals surface area contributed by atoms with E-state index in [1.807, 2.05) is 17.6 Å². The number of rotatable bonds is 2. The van der Waals surface area contributed by atoms with Crippen LogP contribution >= 0.6 is 11.3 Å². The molecule has 0 N–H and O–H groups in total. The number of hydrogen-bond acceptors (Lipinski definition) is 4. The minimum absolute atomic E-state index is 0.131. The number of nitrogens with zero attached hydrogens (tertiary/aromatic N) is 3. The second-order valence-electron chi connectivity index (χ2n) is 8.47. The molecule has 1 aliphatic carbocycles. The molecule has 3 aliphatic rings. The summed E-state index contributed by atoms with van der Waals surface area (Å²) in [5.41, 5.74) is 7.18. The lowest BCUT2D eigenvalue weighted by Crippen LogP contribution is -2.34. The maximum atomic E-state index is 13.5. The Morgan fingerprint density at radius 3 is 2.71 bits per heavy atom. The zero-order valence-corrected chi connectivity index (χ0v) is 16.5. The second-order valence-corrected chi connectivity index (χ2v) is 9.36. The Hall–Kier alpha value is -2.40. The van der Waals surface area contributed by atoms with E-state index in [4.69, 9.17) is 0 Å². The number of fused-ring (bicyclic) bond motifs is 2. The first-order chi connectivity index (χ1) is 13.7. The highest BCUT2D eigenvalue weighted by Crippen LogP contribution is 2.55. The smallest absolute Gasteiger partial charge is 0.132 e. The third kappa shape index (κ3) is 2.49. The SMILES string of the molecule is Fc1ccc(N2C=C3CC4(CCCC4)CN3C2c2ccc3ncsc3c2)cc1. The molecule has 1 saturated heterocycles. The number of hydrogen-bond donors (Lipinski definition) is 0. The standard InChI is InChI=1S/C23H22FN3S/c24-17-4-6-18(7-5-17)26-13-19-12-23(9-1-2-10-23)14-27(19)22(26)16-3-8-20-21(11-16)28-15-25-20/h3-8,11,13,15,22H,1-2,9-10,12,14H2. The molecule has 5 heteroatoms. The van der Waals surface area contributed by atoms with Crippen LogP contribution in [0.2, 0.25) is 0 Å². The van der Waals surface area contributed by atoms with Crippen molar-refractivity contribution in [3.8, 4) is 0 Å². The molecule has 0 bridgehead atoms. The van der Waals surface area contributed by atoms with E-state index in [9.17, 15) is 4.39 Å². The summed E-state index contributed by atoms with van der Waals surface area (Å²) < 4.78 is 14.7. The summed E-state index contributed by atoms with van der Waals surface area (Å²) in [6.07, 6.45) is 9.02. The van der Waals surface area contributed by atoms with Crippen molar-refractivity contribution in [3.05, 3.63) is 71.3 Å². The molecule has 1 atom stereocenters. The van der Waals surface area contributed by atoms with Crippen LogP contribution in [-0.4, -0.2) is 16.4 Å². The van der Waals surface area contributed by atoms with Crippen LogP contribution < -0.4 is 4.90 Å². The summed E-state index contributed by atoms with van der Waals surface area (Å²) in [5, 5.41) is 0. The largest absolute Gasteiger partial charge is 0.349 e. The second kappa shape index (κ2) is 6.05. The molecule has 1 unspecified atom stereocenters. The van der Waals surface area contributed by atoms with Gasteiger partial charge in [-0.1, -0.05) is 18.9 Å². The Labute approximate surface area is 168 Å². The number of anilines is 1. The van der Waals surface area contributed by atoms with Crippen LogP contribution in [0.25, 0.3) is 10.2 Å². The van der Waals surface area contributed by atoms with E-state index in [1.165, 1.54) is 48.1 Å². The average molecular weight is 392 g/mol. The first kappa shape index (κ1) is 16.5. The molecule has 6 rings (SSSR count). The molecule has 3 nitrogen and oxygen atoms in total. The van der Waals surface area contributed by atoms with Gasteiger partial charge in [0.1, 0.15) is 12.0 Å². The van der Waals surface area contributed by atoms with E-state index in [0.29, 0.717) is 5.41 Å². The summed E-state index contributed by atoms with van der Waals surface area (Å²) in [4.78, 5) is 9.35. The summed E-state index contributed by atoms with van der Waals surface area (Å²) in [7, 11) is 0. The lowest BCUT2D eigenvalue weighted by atomic mass is 9.85. The molecule has 2 aromatic carbocycles. The molecular weight excluding hydrogens is 369 g/mol. The fourth-order valence-electron chi connectivity index (χ4n) is 5.41. The summed E-state index contributed by atoms with van der Waals surface area (Å²) in [6, 6.07) is 13.5. The minimum Gasteiger partial charge on any atom is -0.349 e. The van der Waals surface area contributed by atoms with Gasteiger partial charge >= 0.3 is 0 Å². The zero-order valence-electron chi connectivity index (χ0n) is 15.6. The Kier molecular flexibility index (Phi) is 3.57. The highest BCUT2D eigenvalue weighted by Gasteiger charge is 2.48. The first-order valence-electron chi connectivity index (χ1n) is 10.1. The van der Waals surface area contributed by atoms with Crippen molar-refractivity contribution >= 4 is 27.2 Å². The lowest BCUT2D eigenvalue weighted by Gasteiger charge is -2.35. The number of allylic oxidation sites excluding steroid dienone is 1. The molecule has 28 heavy (non-hydrogen) atoms. The minimum atomic E-state index is -0.191. The monoisotopic (exact) mass is 391 g/mol. The van der Waals surface area contributed by atoms with Crippen LogP contribution in [0.5, 0.6) is 0 Å². The van der Waals surface area contributed by atoms with Crippen LogP contribution in [0, 0.1) is 11.2 Å².